The minimum Gasteiger partial charge on any atom is -0.506 e. The molecule has 0 spiro atoms. The summed E-state index contributed by atoms with van der Waals surface area (Å²) in [6.07, 6.45) is 0.256. The number of aromatic amines is 1. The van der Waals surface area contributed by atoms with Crippen molar-refractivity contribution in [2.45, 2.75) is 38.0 Å². The van der Waals surface area contributed by atoms with E-state index in [9.17, 15) is 24.6 Å². The monoisotopic (exact) mass is 927 g/mol. The number of carbonyl (C=O) groups excluding carboxylic acids is 2. The molecule has 2 amide bonds. The van der Waals surface area contributed by atoms with Gasteiger partial charge in [0.1, 0.15) is 11.9 Å². The highest BCUT2D eigenvalue weighted by Gasteiger charge is 2.24. The quantitative estimate of drug-likeness (QED) is 0.0658. The lowest BCUT2D eigenvalue weighted by Crippen LogP contribution is -2.40. The number of carbonyl (C=O) groups is 2. The van der Waals surface area contributed by atoms with Crippen LogP contribution in [0.1, 0.15) is 36.5 Å². The van der Waals surface area contributed by atoms with Crippen LogP contribution in [-0.4, -0.2) is 64.4 Å². The van der Waals surface area contributed by atoms with E-state index < -0.39 is 12.2 Å². The smallest absolute Gasteiger partial charge is 0.411 e. The average Bonchev–Trinajstić information content (AvgIpc) is 3.15. The van der Waals surface area contributed by atoms with Crippen LogP contribution < -0.4 is 19.3 Å². The summed E-state index contributed by atoms with van der Waals surface area (Å²) in [5.74, 6) is -0.0470. The van der Waals surface area contributed by atoms with Crippen LogP contribution in [0.2, 0.25) is 0 Å². The van der Waals surface area contributed by atoms with Crippen molar-refractivity contribution < 1.29 is 24.5 Å². The molecule has 1 aromatic heterocycles. The molecule has 0 bridgehead atoms. The van der Waals surface area contributed by atoms with Gasteiger partial charge in [-0.25, -0.2) is 4.79 Å². The van der Waals surface area contributed by atoms with Gasteiger partial charge in [0.15, 0.2) is 0 Å². The van der Waals surface area contributed by atoms with Crippen LogP contribution in [-0.2, 0) is 16.1 Å². The predicted octanol–water partition coefficient (Wildman–Crippen LogP) is 7.11. The average molecular weight is 928 g/mol. The molecule has 270 valence electrons. The van der Waals surface area contributed by atoms with Crippen LogP contribution in [0.4, 0.5) is 16.2 Å². The number of rotatable bonds is 12. The van der Waals surface area contributed by atoms with Gasteiger partial charge in [-0.1, -0.05) is 60.7 Å². The van der Waals surface area contributed by atoms with Gasteiger partial charge in [-0.2, -0.15) is 0 Å². The first-order valence-electron chi connectivity index (χ1n) is 17.0. The first-order valence-corrected chi connectivity index (χ1v) is 19.1. The van der Waals surface area contributed by atoms with Crippen molar-refractivity contribution in [3.63, 3.8) is 0 Å². The Bertz CT molecular complexity index is 2090. The number of aromatic nitrogens is 1. The predicted molar refractivity (Wildman–Crippen MR) is 220 cm³/mol. The molecule has 1 saturated heterocycles. The van der Waals surface area contributed by atoms with E-state index in [1.165, 1.54) is 12.1 Å². The van der Waals surface area contributed by atoms with Crippen LogP contribution in [0.3, 0.4) is 0 Å². The Hall–Kier alpha value is -4.03. The van der Waals surface area contributed by atoms with Gasteiger partial charge in [0.25, 0.3) is 0 Å². The first-order chi connectivity index (χ1) is 25.2. The molecule has 5 N–H and O–H groups in total. The summed E-state index contributed by atoms with van der Waals surface area (Å²) in [5.41, 5.74) is 5.03. The van der Waals surface area contributed by atoms with Gasteiger partial charge in [-0.15, -0.1) is 0 Å². The highest BCUT2D eigenvalue weighted by Crippen LogP contribution is 2.31. The highest BCUT2D eigenvalue weighted by atomic mass is 127. The number of hydrogen-bond acceptors (Lipinski definition) is 8. The lowest BCUT2D eigenvalue weighted by molar-refractivity contribution is -0.117. The number of ether oxygens (including phenoxy) is 1. The van der Waals surface area contributed by atoms with E-state index in [2.05, 4.69) is 66.0 Å². The molecule has 2 heterocycles. The molecule has 1 fully saturated rings. The van der Waals surface area contributed by atoms with Gasteiger partial charge in [0.05, 0.1) is 45.9 Å². The molecular weight excluding hydrogens is 888 g/mol. The van der Waals surface area contributed by atoms with Crippen molar-refractivity contribution in [2.24, 2.45) is 0 Å². The van der Waals surface area contributed by atoms with E-state index in [0.717, 1.165) is 39.0 Å². The zero-order valence-corrected chi connectivity index (χ0v) is 32.5. The fourth-order valence-electron chi connectivity index (χ4n) is 6.32. The third kappa shape index (κ3) is 9.49. The van der Waals surface area contributed by atoms with Crippen LogP contribution in [0.15, 0.2) is 102 Å². The van der Waals surface area contributed by atoms with Crippen molar-refractivity contribution in [2.75, 3.05) is 34.6 Å². The van der Waals surface area contributed by atoms with Crippen molar-refractivity contribution in [1.29, 1.82) is 0 Å². The van der Waals surface area contributed by atoms with Crippen LogP contribution in [0.25, 0.3) is 22.0 Å². The Morgan fingerprint density at radius 2 is 1.73 bits per heavy atom. The summed E-state index contributed by atoms with van der Waals surface area (Å²) in [7, 11) is 0. The van der Waals surface area contributed by atoms with E-state index >= 15 is 0 Å². The normalized spacial score (nSPS) is 14.2. The molecule has 1 unspecified atom stereocenters. The number of fused-ring (bicyclic) bond motifs is 1. The molecule has 4 aromatic carbocycles. The molecule has 0 aliphatic carbocycles. The Morgan fingerprint density at radius 3 is 2.50 bits per heavy atom. The molecule has 52 heavy (non-hydrogen) atoms. The standard InChI is InChI=1S/C39H39I2N5O6/c40-31-22-25(23-42-24-35(48)29-11-14-34(47)38-30(29)12-15-36(49)44-38)10-13-33(31)46(41)37(50)18-21-45-19-16-27(17-20-45)52-39(51)43-32-9-5-4-8-28(32)26-6-2-1-3-7-26/h1-15,22,27,35,42,47-48H,16-21,23-24H2,(H,43,51)(H,44,49). The molecule has 1 atom stereocenters. The van der Waals surface area contributed by atoms with Crippen LogP contribution >= 0.6 is 45.5 Å². The molecule has 6 rings (SSSR count). The van der Waals surface area contributed by atoms with Crippen molar-refractivity contribution >= 4 is 79.7 Å². The van der Waals surface area contributed by atoms with Gasteiger partial charge in [-0.05, 0) is 82.5 Å². The van der Waals surface area contributed by atoms with E-state index in [1.54, 1.807) is 15.2 Å². The molecule has 1 aliphatic rings. The van der Waals surface area contributed by atoms with Crippen molar-refractivity contribution in [3.05, 3.63) is 122 Å². The lowest BCUT2D eigenvalue weighted by Gasteiger charge is -2.31. The van der Waals surface area contributed by atoms with Crippen molar-refractivity contribution in [1.82, 2.24) is 15.2 Å². The maximum absolute atomic E-state index is 13.2. The molecule has 1 aliphatic heterocycles. The van der Waals surface area contributed by atoms with E-state index in [1.807, 2.05) is 72.8 Å². The Morgan fingerprint density at radius 1 is 0.981 bits per heavy atom. The second-order valence-electron chi connectivity index (χ2n) is 12.6. The fraction of sp³-hybridized carbons (Fsp3) is 0.256. The Labute approximate surface area is 329 Å². The Balaban J connectivity index is 0.928. The number of aliphatic hydroxyl groups excluding tert-OH is 1. The number of nitrogens with zero attached hydrogens (tertiary/aromatic N) is 2. The maximum Gasteiger partial charge on any atom is 0.411 e. The van der Waals surface area contributed by atoms with Gasteiger partial charge >= 0.3 is 6.09 Å². The number of aliphatic hydroxyl groups is 1. The Kier molecular flexibility index (Phi) is 12.8. The summed E-state index contributed by atoms with van der Waals surface area (Å²) in [4.78, 5) is 42.5. The van der Waals surface area contributed by atoms with Crippen molar-refractivity contribution in [3.8, 4) is 16.9 Å². The van der Waals surface area contributed by atoms with Gasteiger partial charge in [0.2, 0.25) is 11.5 Å². The number of para-hydroxylation sites is 1. The number of halogens is 2. The number of hydrogen-bond donors (Lipinski definition) is 5. The zero-order chi connectivity index (χ0) is 36.6. The SMILES string of the molecule is O=C(Nc1ccccc1-c1ccccc1)OC1CCN(CCC(=O)N(I)c2ccc(CNCC(O)c3ccc(O)c4[nH]c(=O)ccc34)cc2I)CC1. The van der Waals surface area contributed by atoms with E-state index in [0.29, 0.717) is 54.5 Å². The number of H-pyrrole nitrogens is 1. The number of aromatic hydroxyl groups is 1. The molecular formula is C39H39I2N5O6. The summed E-state index contributed by atoms with van der Waals surface area (Å²) in [6, 6.07) is 29.5. The summed E-state index contributed by atoms with van der Waals surface area (Å²) < 4.78 is 8.36. The molecule has 13 heteroatoms. The zero-order valence-electron chi connectivity index (χ0n) is 28.2. The van der Waals surface area contributed by atoms with E-state index in [4.69, 9.17) is 4.74 Å². The first kappa shape index (κ1) is 37.7. The number of phenolic OH excluding ortho intramolecular Hbond substituents is 1. The summed E-state index contributed by atoms with van der Waals surface area (Å²) in [6.45, 7) is 2.85. The number of pyridine rings is 1. The molecule has 0 radical (unpaired) electrons. The molecule has 5 aromatic rings. The third-order valence-electron chi connectivity index (χ3n) is 9.07. The fourth-order valence-corrected chi connectivity index (χ4v) is 8.27. The second-order valence-corrected chi connectivity index (χ2v) is 14.8. The van der Waals surface area contributed by atoms with Gasteiger partial charge < -0.3 is 30.2 Å². The largest absolute Gasteiger partial charge is 0.506 e. The summed E-state index contributed by atoms with van der Waals surface area (Å²) in [5, 5.41) is 27.8. The van der Waals surface area contributed by atoms with E-state index in [-0.39, 0.29) is 29.9 Å². The number of benzene rings is 4. The van der Waals surface area contributed by atoms with Crippen LogP contribution in [0, 0.1) is 3.57 Å². The summed E-state index contributed by atoms with van der Waals surface area (Å²) >= 11 is 4.29. The number of phenols is 1. The minimum absolute atomic E-state index is 0.00446. The molecule has 0 saturated carbocycles. The lowest BCUT2D eigenvalue weighted by atomic mass is 10.0. The third-order valence-corrected chi connectivity index (χ3v) is 11.0. The number of piperidine rings is 1. The highest BCUT2D eigenvalue weighted by molar-refractivity contribution is 14.1. The number of nitrogens with one attached hydrogen (secondary N) is 3. The number of anilines is 2. The van der Waals surface area contributed by atoms with Gasteiger partial charge in [-0.3, -0.25) is 18.0 Å². The topological polar surface area (TPSA) is 147 Å². The number of amides is 2. The van der Waals surface area contributed by atoms with Crippen LogP contribution in [0.5, 0.6) is 5.75 Å². The van der Waals surface area contributed by atoms with Gasteiger partial charge in [0, 0.05) is 59.7 Å². The molecule has 11 nitrogen and oxygen atoms in total. The number of likely N-dealkylation sites (tertiary alicyclic amines) is 1. The maximum atomic E-state index is 13.2. The minimum atomic E-state index is -0.860. The second kappa shape index (κ2) is 17.7.